The number of ether oxygens (including phenoxy) is 1. The first-order valence-electron chi connectivity index (χ1n) is 6.59. The minimum Gasteiger partial charge on any atom is -0.507 e. The second kappa shape index (κ2) is 6.66. The van der Waals surface area contributed by atoms with Crippen molar-refractivity contribution >= 4 is 17.6 Å². The van der Waals surface area contributed by atoms with Gasteiger partial charge in [0.2, 0.25) is 0 Å². The number of amides is 1. The summed E-state index contributed by atoms with van der Waals surface area (Å²) in [7, 11) is 1.35. The Kier molecular flexibility index (Phi) is 4.65. The molecule has 0 heterocycles. The molecule has 0 unspecified atom stereocenters. The van der Waals surface area contributed by atoms with Crippen LogP contribution in [0.2, 0.25) is 0 Å². The Morgan fingerprint density at radius 3 is 2.62 bits per heavy atom. The standard InChI is InChI=1S/C16H13FN4O3/c1-20-11-3-4-12(22)14(15(23)21-16(18)19)13(11)8-5-9(17)7-10(6-8)24-2/h3-7,22H,2H3,(H4,18,19,21,23). The fraction of sp³-hybridized carbons (Fsp3) is 0.0625. The van der Waals surface area contributed by atoms with E-state index in [0.717, 1.165) is 12.1 Å². The molecule has 2 aromatic rings. The van der Waals surface area contributed by atoms with Crippen molar-refractivity contribution in [2.75, 3.05) is 7.11 Å². The van der Waals surface area contributed by atoms with E-state index in [1.807, 2.05) is 0 Å². The van der Waals surface area contributed by atoms with Gasteiger partial charge in [0.1, 0.15) is 17.3 Å². The number of rotatable bonds is 3. The quantitative estimate of drug-likeness (QED) is 0.454. The number of carbonyl (C=O) groups is 1. The second-order valence-corrected chi connectivity index (χ2v) is 4.69. The van der Waals surface area contributed by atoms with Crippen LogP contribution in [0.4, 0.5) is 10.1 Å². The number of halogens is 1. The van der Waals surface area contributed by atoms with Crippen LogP contribution >= 0.6 is 0 Å². The van der Waals surface area contributed by atoms with E-state index in [-0.39, 0.29) is 28.1 Å². The normalized spacial score (nSPS) is 9.88. The lowest BCUT2D eigenvalue weighted by Crippen LogP contribution is -2.24. The first-order chi connectivity index (χ1) is 11.4. The minimum absolute atomic E-state index is 0.0119. The average Bonchev–Trinajstić information content (AvgIpc) is 2.52. The summed E-state index contributed by atoms with van der Waals surface area (Å²) >= 11 is 0. The van der Waals surface area contributed by atoms with E-state index < -0.39 is 23.4 Å². The average molecular weight is 328 g/mol. The van der Waals surface area contributed by atoms with Gasteiger partial charge in [0.25, 0.3) is 5.91 Å². The van der Waals surface area contributed by atoms with E-state index >= 15 is 0 Å². The summed E-state index contributed by atoms with van der Waals surface area (Å²) in [5.74, 6) is -2.34. The lowest BCUT2D eigenvalue weighted by Gasteiger charge is -2.13. The first kappa shape index (κ1) is 16.8. The van der Waals surface area contributed by atoms with Gasteiger partial charge in [0.15, 0.2) is 11.6 Å². The van der Waals surface area contributed by atoms with Crippen LogP contribution in [-0.4, -0.2) is 24.1 Å². The number of aliphatic imine (C=N–C) groups is 1. The highest BCUT2D eigenvalue weighted by atomic mass is 19.1. The predicted octanol–water partition coefficient (Wildman–Crippen LogP) is 2.17. The molecule has 122 valence electrons. The number of nitrogens with two attached hydrogens (primary N) is 2. The van der Waals surface area contributed by atoms with Crippen LogP contribution in [0.15, 0.2) is 35.3 Å². The van der Waals surface area contributed by atoms with Gasteiger partial charge >= 0.3 is 0 Å². The van der Waals surface area contributed by atoms with Crippen molar-refractivity contribution in [1.29, 1.82) is 0 Å². The number of carbonyl (C=O) groups excluding carboxylic acids is 1. The predicted molar refractivity (Wildman–Crippen MR) is 86.5 cm³/mol. The Hall–Kier alpha value is -3.60. The third kappa shape index (κ3) is 3.25. The molecule has 24 heavy (non-hydrogen) atoms. The maximum Gasteiger partial charge on any atom is 0.283 e. The maximum atomic E-state index is 13.8. The molecule has 0 atom stereocenters. The molecular weight excluding hydrogens is 315 g/mol. The van der Waals surface area contributed by atoms with E-state index in [1.165, 1.54) is 25.3 Å². The molecule has 0 aromatic heterocycles. The SMILES string of the molecule is [C-]#[N+]c1ccc(O)c(C(=O)N=C(N)N)c1-c1cc(F)cc(OC)c1. The van der Waals surface area contributed by atoms with Crippen molar-refractivity contribution < 1.29 is 19.0 Å². The third-order valence-electron chi connectivity index (χ3n) is 3.12. The van der Waals surface area contributed by atoms with Crippen molar-refractivity contribution in [2.24, 2.45) is 16.5 Å². The molecule has 0 spiro atoms. The number of hydrogen-bond donors (Lipinski definition) is 3. The molecule has 2 rings (SSSR count). The van der Waals surface area contributed by atoms with Crippen molar-refractivity contribution in [1.82, 2.24) is 0 Å². The van der Waals surface area contributed by atoms with Gasteiger partial charge in [-0.3, -0.25) is 4.79 Å². The molecule has 0 saturated carbocycles. The van der Waals surface area contributed by atoms with Crippen LogP contribution in [0.25, 0.3) is 16.0 Å². The van der Waals surface area contributed by atoms with Crippen molar-refractivity contribution in [3.63, 3.8) is 0 Å². The zero-order valence-corrected chi connectivity index (χ0v) is 12.6. The van der Waals surface area contributed by atoms with Gasteiger partial charge in [-0.25, -0.2) is 9.24 Å². The highest BCUT2D eigenvalue weighted by Crippen LogP contribution is 2.40. The van der Waals surface area contributed by atoms with Crippen LogP contribution < -0.4 is 16.2 Å². The lowest BCUT2D eigenvalue weighted by molar-refractivity contribution is 0.100. The summed E-state index contributed by atoms with van der Waals surface area (Å²) in [4.78, 5) is 18.9. The Bertz CT molecular complexity index is 884. The van der Waals surface area contributed by atoms with Gasteiger partial charge in [-0.15, -0.1) is 0 Å². The molecule has 7 nitrogen and oxygen atoms in total. The summed E-state index contributed by atoms with van der Waals surface area (Å²) in [6.07, 6.45) is 0. The maximum absolute atomic E-state index is 13.8. The molecular formula is C16H13FN4O3. The number of guanidine groups is 1. The van der Waals surface area contributed by atoms with Gasteiger partial charge in [0, 0.05) is 11.6 Å². The number of aromatic hydroxyl groups is 1. The molecule has 0 radical (unpaired) electrons. The highest BCUT2D eigenvalue weighted by Gasteiger charge is 2.22. The van der Waals surface area contributed by atoms with Crippen molar-refractivity contribution in [3.05, 3.63) is 53.1 Å². The number of methoxy groups -OCH3 is 1. The Morgan fingerprint density at radius 2 is 2.04 bits per heavy atom. The molecule has 2 aromatic carbocycles. The van der Waals surface area contributed by atoms with Gasteiger partial charge in [0.05, 0.1) is 19.2 Å². The molecule has 8 heteroatoms. The second-order valence-electron chi connectivity index (χ2n) is 4.69. The van der Waals surface area contributed by atoms with E-state index in [0.29, 0.717) is 0 Å². The Balaban J connectivity index is 2.84. The van der Waals surface area contributed by atoms with Crippen LogP contribution in [0, 0.1) is 12.4 Å². The summed E-state index contributed by atoms with van der Waals surface area (Å²) in [5, 5.41) is 10.1. The third-order valence-corrected chi connectivity index (χ3v) is 3.12. The fourth-order valence-corrected chi connectivity index (χ4v) is 2.18. The van der Waals surface area contributed by atoms with Crippen LogP contribution in [-0.2, 0) is 0 Å². The summed E-state index contributed by atoms with van der Waals surface area (Å²) in [5.41, 5.74) is 10.3. The zero-order valence-electron chi connectivity index (χ0n) is 12.6. The molecule has 0 aliphatic rings. The number of phenolic OH excluding ortho intramolecular Hbond substituents is 1. The minimum atomic E-state index is -0.948. The molecule has 0 fully saturated rings. The van der Waals surface area contributed by atoms with Gasteiger partial charge in [-0.2, -0.15) is 4.99 Å². The van der Waals surface area contributed by atoms with Crippen LogP contribution in [0.5, 0.6) is 11.5 Å². The molecule has 0 saturated heterocycles. The Morgan fingerprint density at radius 1 is 1.33 bits per heavy atom. The molecule has 5 N–H and O–H groups in total. The topological polar surface area (TPSA) is 115 Å². The number of nitrogens with zero attached hydrogens (tertiary/aromatic N) is 2. The van der Waals surface area contributed by atoms with E-state index in [4.69, 9.17) is 22.8 Å². The fourth-order valence-electron chi connectivity index (χ4n) is 2.18. The smallest absolute Gasteiger partial charge is 0.283 e. The van der Waals surface area contributed by atoms with Crippen molar-refractivity contribution in [3.8, 4) is 22.6 Å². The molecule has 0 bridgehead atoms. The van der Waals surface area contributed by atoms with Gasteiger partial charge in [-0.05, 0) is 23.8 Å². The van der Waals surface area contributed by atoms with E-state index in [2.05, 4.69) is 9.84 Å². The molecule has 1 amide bonds. The first-order valence-corrected chi connectivity index (χ1v) is 6.59. The number of phenols is 1. The number of benzene rings is 2. The summed E-state index contributed by atoms with van der Waals surface area (Å²) in [6, 6.07) is 6.16. The van der Waals surface area contributed by atoms with E-state index in [1.54, 1.807) is 0 Å². The van der Waals surface area contributed by atoms with Crippen molar-refractivity contribution in [2.45, 2.75) is 0 Å². The lowest BCUT2D eigenvalue weighted by atomic mass is 9.96. The summed E-state index contributed by atoms with van der Waals surface area (Å²) < 4.78 is 18.8. The summed E-state index contributed by atoms with van der Waals surface area (Å²) in [6.45, 7) is 7.26. The largest absolute Gasteiger partial charge is 0.507 e. The van der Waals surface area contributed by atoms with Crippen LogP contribution in [0.1, 0.15) is 10.4 Å². The molecule has 0 aliphatic carbocycles. The van der Waals surface area contributed by atoms with E-state index in [9.17, 15) is 14.3 Å². The van der Waals surface area contributed by atoms with Gasteiger partial charge < -0.3 is 21.3 Å². The number of hydrogen-bond acceptors (Lipinski definition) is 3. The molecule has 0 aliphatic heterocycles. The van der Waals surface area contributed by atoms with Gasteiger partial charge in [-0.1, -0.05) is 6.07 Å². The zero-order chi connectivity index (χ0) is 17.9. The monoisotopic (exact) mass is 328 g/mol. The Labute approximate surface area is 136 Å². The highest BCUT2D eigenvalue weighted by molar-refractivity contribution is 6.10. The van der Waals surface area contributed by atoms with Crippen LogP contribution in [0.3, 0.4) is 0 Å².